The van der Waals surface area contributed by atoms with Gasteiger partial charge in [-0.2, -0.15) is 0 Å². The molecule has 0 saturated heterocycles. The maximum atomic E-state index is 13.4. The lowest BCUT2D eigenvalue weighted by Crippen LogP contribution is -2.40. The molecule has 2 nitrogen and oxygen atoms in total. The number of rotatable bonds is 5. The molecule has 5 heteroatoms. The van der Waals surface area contributed by atoms with E-state index in [-0.39, 0.29) is 5.04 Å². The van der Waals surface area contributed by atoms with Gasteiger partial charge in [-0.1, -0.05) is 51.1 Å². The molecule has 0 bridgehead atoms. The molecule has 0 aromatic heterocycles. The molecule has 0 aliphatic heterocycles. The van der Waals surface area contributed by atoms with Gasteiger partial charge in [0.2, 0.25) is 0 Å². The lowest BCUT2D eigenvalue weighted by molar-refractivity contribution is 0.276. The zero-order chi connectivity index (χ0) is 18.8. The van der Waals surface area contributed by atoms with Gasteiger partial charge in [0.15, 0.2) is 20.0 Å². The molecule has 25 heavy (non-hydrogen) atoms. The highest BCUT2D eigenvalue weighted by atomic mass is 28.4. The third kappa shape index (κ3) is 4.75. The van der Waals surface area contributed by atoms with Crippen LogP contribution in [0.15, 0.2) is 42.5 Å². The Morgan fingerprint density at radius 1 is 0.960 bits per heavy atom. The van der Waals surface area contributed by atoms with Crippen LogP contribution in [0.2, 0.25) is 18.1 Å². The van der Waals surface area contributed by atoms with Crippen LogP contribution in [0.3, 0.4) is 0 Å². The largest absolute Gasteiger partial charge is 0.413 e. The molecule has 0 saturated carbocycles. The normalized spacial score (nSPS) is 13.8. The van der Waals surface area contributed by atoms with E-state index in [9.17, 15) is 8.78 Å². The minimum Gasteiger partial charge on any atom is -0.413 e. The van der Waals surface area contributed by atoms with E-state index in [4.69, 9.17) is 10.2 Å². The van der Waals surface area contributed by atoms with Crippen molar-refractivity contribution in [1.82, 2.24) is 0 Å². The molecule has 1 atom stereocenters. The molecule has 0 aliphatic carbocycles. The number of hydrogen-bond acceptors (Lipinski definition) is 2. The van der Waals surface area contributed by atoms with Gasteiger partial charge in [-0.05, 0) is 47.0 Å². The molecule has 0 radical (unpaired) electrons. The van der Waals surface area contributed by atoms with E-state index < -0.39 is 26.0 Å². The third-order valence-corrected chi connectivity index (χ3v) is 9.53. The molecule has 0 fully saturated rings. The summed E-state index contributed by atoms with van der Waals surface area (Å²) in [6.45, 7) is 11.6. The molecule has 2 N–H and O–H groups in total. The summed E-state index contributed by atoms with van der Waals surface area (Å²) in [5.41, 5.74) is 8.64. The van der Waals surface area contributed by atoms with E-state index in [0.29, 0.717) is 12.2 Å². The molecule has 0 aliphatic rings. The van der Waals surface area contributed by atoms with Gasteiger partial charge < -0.3 is 10.2 Å². The predicted octanol–water partition coefficient (Wildman–Crippen LogP) is 5.53. The van der Waals surface area contributed by atoms with Gasteiger partial charge in [0.1, 0.15) is 0 Å². The summed E-state index contributed by atoms with van der Waals surface area (Å²) in [5.74, 6) is -1.75. The molecule has 136 valence electrons. The summed E-state index contributed by atoms with van der Waals surface area (Å²) in [4.78, 5) is 0. The Morgan fingerprint density at radius 2 is 1.52 bits per heavy atom. The van der Waals surface area contributed by atoms with E-state index in [1.54, 1.807) is 0 Å². The summed E-state index contributed by atoms with van der Waals surface area (Å²) in [6.07, 6.45) is 0. The van der Waals surface area contributed by atoms with Crippen molar-refractivity contribution in [2.75, 3.05) is 0 Å². The number of benzene rings is 2. The second-order valence-electron chi connectivity index (χ2n) is 7.94. The molecule has 2 aromatic carbocycles. The maximum Gasteiger partial charge on any atom is 0.192 e. The lowest BCUT2D eigenvalue weighted by Gasteiger charge is -2.36. The summed E-state index contributed by atoms with van der Waals surface area (Å²) < 4.78 is 32.7. The second kappa shape index (κ2) is 7.36. The number of hydrogen-bond donors (Lipinski definition) is 1. The molecule has 2 rings (SSSR count). The third-order valence-electron chi connectivity index (χ3n) is 5.05. The molecule has 0 amide bonds. The molecular weight excluding hydrogens is 336 g/mol. The van der Waals surface area contributed by atoms with Crippen molar-refractivity contribution in [3.8, 4) is 0 Å². The van der Waals surface area contributed by atoms with Crippen LogP contribution >= 0.6 is 0 Å². The van der Waals surface area contributed by atoms with E-state index in [1.807, 2.05) is 24.3 Å². The van der Waals surface area contributed by atoms with Crippen LogP contribution in [0.25, 0.3) is 0 Å². The van der Waals surface area contributed by atoms with Gasteiger partial charge in [-0.3, -0.25) is 0 Å². The van der Waals surface area contributed by atoms with Crippen LogP contribution in [0.5, 0.6) is 0 Å². The molecule has 0 spiro atoms. The van der Waals surface area contributed by atoms with Gasteiger partial charge in [0, 0.05) is 0 Å². The first-order valence-corrected chi connectivity index (χ1v) is 11.4. The Labute approximate surface area is 150 Å². The van der Waals surface area contributed by atoms with Gasteiger partial charge in [-0.25, -0.2) is 8.78 Å². The smallest absolute Gasteiger partial charge is 0.192 e. The summed E-state index contributed by atoms with van der Waals surface area (Å²) in [7, 11) is -1.79. The zero-order valence-corrected chi connectivity index (χ0v) is 16.6. The highest BCUT2D eigenvalue weighted by Crippen LogP contribution is 2.37. The van der Waals surface area contributed by atoms with Gasteiger partial charge in [0.05, 0.1) is 12.6 Å². The van der Waals surface area contributed by atoms with Crippen LogP contribution in [-0.4, -0.2) is 8.32 Å². The first kappa shape index (κ1) is 19.8. The fourth-order valence-electron chi connectivity index (χ4n) is 2.20. The van der Waals surface area contributed by atoms with Crippen LogP contribution in [-0.2, 0) is 11.0 Å². The summed E-state index contributed by atoms with van der Waals surface area (Å²) in [5, 5.41) is 0.169. The Hall–Kier alpha value is -1.56. The molecule has 0 heterocycles. The quantitative estimate of drug-likeness (QED) is 0.708. The van der Waals surface area contributed by atoms with Crippen LogP contribution < -0.4 is 5.73 Å². The lowest BCUT2D eigenvalue weighted by atomic mass is 9.98. The average molecular weight is 364 g/mol. The van der Waals surface area contributed by atoms with E-state index in [1.165, 1.54) is 6.07 Å². The van der Waals surface area contributed by atoms with Crippen molar-refractivity contribution in [3.05, 3.63) is 70.8 Å². The zero-order valence-electron chi connectivity index (χ0n) is 15.6. The fraction of sp³-hybridized carbons (Fsp3) is 0.400. The van der Waals surface area contributed by atoms with Crippen molar-refractivity contribution in [2.24, 2.45) is 5.73 Å². The first-order chi connectivity index (χ1) is 11.5. The van der Waals surface area contributed by atoms with Crippen LogP contribution in [0.1, 0.15) is 43.5 Å². The van der Waals surface area contributed by atoms with E-state index in [2.05, 4.69) is 33.9 Å². The van der Waals surface area contributed by atoms with Crippen molar-refractivity contribution in [3.63, 3.8) is 0 Å². The van der Waals surface area contributed by atoms with Crippen molar-refractivity contribution in [1.29, 1.82) is 0 Å². The Kier molecular flexibility index (Phi) is 5.81. The number of nitrogens with two attached hydrogens (primary N) is 1. The molecular formula is C20H27F2NOSi. The van der Waals surface area contributed by atoms with Gasteiger partial charge >= 0.3 is 0 Å². The Morgan fingerprint density at radius 3 is 2.04 bits per heavy atom. The van der Waals surface area contributed by atoms with E-state index in [0.717, 1.165) is 23.3 Å². The molecule has 2 aromatic rings. The monoisotopic (exact) mass is 363 g/mol. The van der Waals surface area contributed by atoms with Crippen molar-refractivity contribution < 1.29 is 13.2 Å². The van der Waals surface area contributed by atoms with E-state index >= 15 is 0 Å². The second-order valence-corrected chi connectivity index (χ2v) is 12.8. The topological polar surface area (TPSA) is 35.2 Å². The SMILES string of the molecule is CC(C)(C)[Si](C)(C)OCc1ccc(C(N)c2ccc(F)c(F)c2)cc1. The minimum atomic E-state index is -1.79. The predicted molar refractivity (Wildman–Crippen MR) is 101 cm³/mol. The van der Waals surface area contributed by atoms with Crippen LogP contribution in [0.4, 0.5) is 8.78 Å². The fourth-order valence-corrected chi connectivity index (χ4v) is 3.16. The Bertz CT molecular complexity index is 723. The standard InChI is InChI=1S/C20H27F2NOSi/c1-20(2,3)25(4,5)24-13-14-6-8-15(9-7-14)19(23)16-10-11-17(21)18(22)12-16/h6-12,19H,13,23H2,1-5H3. The van der Waals surface area contributed by atoms with Crippen LogP contribution in [0, 0.1) is 11.6 Å². The van der Waals surface area contributed by atoms with Crippen molar-refractivity contribution in [2.45, 2.75) is 51.6 Å². The average Bonchev–Trinajstić information content (AvgIpc) is 2.54. The summed E-state index contributed by atoms with van der Waals surface area (Å²) in [6, 6.07) is 11.0. The molecule has 1 unspecified atom stereocenters. The maximum absolute atomic E-state index is 13.4. The Balaban J connectivity index is 2.08. The minimum absolute atomic E-state index is 0.169. The number of halogens is 2. The highest BCUT2D eigenvalue weighted by Gasteiger charge is 2.36. The van der Waals surface area contributed by atoms with Crippen molar-refractivity contribution >= 4 is 8.32 Å². The highest BCUT2D eigenvalue weighted by molar-refractivity contribution is 6.74. The van der Waals surface area contributed by atoms with Gasteiger partial charge in [-0.15, -0.1) is 0 Å². The first-order valence-electron chi connectivity index (χ1n) is 8.44. The van der Waals surface area contributed by atoms with Gasteiger partial charge in [0.25, 0.3) is 0 Å². The summed E-state index contributed by atoms with van der Waals surface area (Å²) >= 11 is 0.